The van der Waals surface area contributed by atoms with Gasteiger partial charge in [0.2, 0.25) is 0 Å². The Hall–Kier alpha value is -3.13. The van der Waals surface area contributed by atoms with E-state index in [9.17, 15) is 4.79 Å². The van der Waals surface area contributed by atoms with Gasteiger partial charge in [-0.3, -0.25) is 4.79 Å². The highest BCUT2D eigenvalue weighted by molar-refractivity contribution is 6.10. The molecule has 0 saturated carbocycles. The highest BCUT2D eigenvalue weighted by Crippen LogP contribution is 2.49. The fourth-order valence-corrected chi connectivity index (χ4v) is 5.04. The minimum Gasteiger partial charge on any atom is -0.348 e. The van der Waals surface area contributed by atoms with Crippen LogP contribution in [0.25, 0.3) is 5.57 Å². The van der Waals surface area contributed by atoms with E-state index in [1.54, 1.807) is 0 Å². The summed E-state index contributed by atoms with van der Waals surface area (Å²) >= 11 is 0. The summed E-state index contributed by atoms with van der Waals surface area (Å²) in [5, 5.41) is 0. The van der Waals surface area contributed by atoms with E-state index in [0.29, 0.717) is 0 Å². The number of rotatable bonds is 4. The molecule has 0 fully saturated rings. The van der Waals surface area contributed by atoms with Crippen LogP contribution in [0.3, 0.4) is 0 Å². The maximum atomic E-state index is 14.3. The fraction of sp³-hybridized carbons (Fsp3) is 0.344. The van der Waals surface area contributed by atoms with Crippen molar-refractivity contribution in [1.82, 2.24) is 0 Å². The topological polar surface area (TPSA) is 20.3 Å². The zero-order valence-electron chi connectivity index (χ0n) is 21.5. The smallest absolute Gasteiger partial charge is 0.172 e. The summed E-state index contributed by atoms with van der Waals surface area (Å²) in [5.74, 6) is -0.128. The molecule has 2 aliphatic rings. The molecule has 2 heteroatoms. The van der Waals surface area contributed by atoms with Crippen LogP contribution in [0.15, 0.2) is 90.7 Å². The van der Waals surface area contributed by atoms with Gasteiger partial charge in [0.15, 0.2) is 5.78 Å². The number of hydrogen-bond donors (Lipinski definition) is 0. The van der Waals surface area contributed by atoms with E-state index in [1.165, 1.54) is 5.56 Å². The van der Waals surface area contributed by atoms with Crippen LogP contribution in [0, 0.1) is 5.41 Å². The molecule has 0 bridgehead atoms. The predicted octanol–water partition coefficient (Wildman–Crippen LogP) is 7.99. The first-order chi connectivity index (χ1) is 16.0. The predicted molar refractivity (Wildman–Crippen MR) is 145 cm³/mol. The number of carbonyl (C=O) groups excluding carboxylic acids is 1. The summed E-state index contributed by atoms with van der Waals surface area (Å²) < 4.78 is 0. The number of anilines is 1. The molecular formula is C32H37NO. The molecule has 0 spiro atoms. The summed E-state index contributed by atoms with van der Waals surface area (Å²) in [5.41, 5.74) is 7.38. The number of hydrogen-bond acceptors (Lipinski definition) is 2. The van der Waals surface area contributed by atoms with Crippen LogP contribution in [0.1, 0.15) is 70.6 Å². The highest BCUT2D eigenvalue weighted by Gasteiger charge is 2.41. The zero-order valence-corrected chi connectivity index (χ0v) is 21.5. The molecule has 176 valence electrons. The second kappa shape index (κ2) is 8.91. The van der Waals surface area contributed by atoms with E-state index in [4.69, 9.17) is 0 Å². The third-order valence-electron chi connectivity index (χ3n) is 7.31. The molecule has 1 atom stereocenters. The van der Waals surface area contributed by atoms with Gasteiger partial charge in [-0.05, 0) is 64.1 Å². The van der Waals surface area contributed by atoms with Gasteiger partial charge in [0.1, 0.15) is 0 Å². The Morgan fingerprint density at radius 2 is 1.76 bits per heavy atom. The molecule has 1 heterocycles. The van der Waals surface area contributed by atoms with Gasteiger partial charge < -0.3 is 4.90 Å². The first-order valence-electron chi connectivity index (χ1n) is 12.3. The summed E-state index contributed by atoms with van der Waals surface area (Å²) in [7, 11) is 0. The molecule has 0 amide bonds. The van der Waals surface area contributed by atoms with Gasteiger partial charge in [0.25, 0.3) is 0 Å². The molecular weight excluding hydrogens is 414 g/mol. The van der Waals surface area contributed by atoms with Crippen molar-refractivity contribution >= 4 is 17.0 Å². The molecule has 0 aromatic heterocycles. The third kappa shape index (κ3) is 4.34. The first-order valence-corrected chi connectivity index (χ1v) is 12.3. The largest absolute Gasteiger partial charge is 0.348 e. The summed E-state index contributed by atoms with van der Waals surface area (Å²) in [6.45, 7) is 18.3. The molecule has 0 N–H and O–H groups in total. The van der Waals surface area contributed by atoms with Gasteiger partial charge in [-0.25, -0.2) is 0 Å². The van der Waals surface area contributed by atoms with Crippen LogP contribution in [-0.2, 0) is 10.2 Å². The molecule has 2 aromatic carbocycles. The number of allylic oxidation sites excluding steroid dienone is 6. The van der Waals surface area contributed by atoms with Crippen molar-refractivity contribution in [3.63, 3.8) is 0 Å². The number of ketones is 1. The number of Topliss-reactive ketones (excluding diaryl/α,β-unsaturated/α-hetero) is 1. The standard InChI is InChI=1S/C32H37NO/c1-8-9-12-26-22(2)25-13-10-11-14-27(25)29(26)30(34)28-21-33(20-19-32(28,6)7)24-17-15-23(16-18-24)31(3,4)5/h8-18,21,29H,2,19-20H2,1,3-7H3/b9-8-,26-12+. The lowest BCUT2D eigenvalue weighted by molar-refractivity contribution is -0.117. The van der Waals surface area contributed by atoms with Gasteiger partial charge in [0.05, 0.1) is 5.92 Å². The van der Waals surface area contributed by atoms with E-state index in [1.807, 2.05) is 31.2 Å². The molecule has 2 aromatic rings. The molecule has 0 radical (unpaired) electrons. The van der Waals surface area contributed by atoms with E-state index in [0.717, 1.165) is 46.5 Å². The zero-order chi connectivity index (χ0) is 24.7. The SMILES string of the molecule is C=C1/C(=C\C=C/C)C(C(=O)C2=CN(c3ccc(C(C)(C)C)cc3)CCC2(C)C)c2ccccc21. The summed E-state index contributed by atoms with van der Waals surface area (Å²) in [4.78, 5) is 16.5. The van der Waals surface area contributed by atoms with Crippen LogP contribution in [0.5, 0.6) is 0 Å². The maximum Gasteiger partial charge on any atom is 0.172 e. The average Bonchev–Trinajstić information content (AvgIpc) is 3.08. The second-order valence-corrected chi connectivity index (χ2v) is 11.2. The average molecular weight is 452 g/mol. The highest BCUT2D eigenvalue weighted by atomic mass is 16.1. The molecule has 1 unspecified atom stereocenters. The Labute approximate surface area is 205 Å². The number of benzene rings is 2. The van der Waals surface area contributed by atoms with Gasteiger partial charge in [-0.1, -0.05) is 95.8 Å². The molecule has 4 rings (SSSR count). The van der Waals surface area contributed by atoms with Crippen LogP contribution >= 0.6 is 0 Å². The van der Waals surface area contributed by atoms with Crippen molar-refractivity contribution in [2.75, 3.05) is 11.4 Å². The quantitative estimate of drug-likeness (QED) is 0.469. The Balaban J connectivity index is 1.75. The Morgan fingerprint density at radius 3 is 2.41 bits per heavy atom. The number of carbonyl (C=O) groups is 1. The maximum absolute atomic E-state index is 14.3. The Bertz CT molecular complexity index is 1200. The van der Waals surface area contributed by atoms with Crippen LogP contribution in [0.2, 0.25) is 0 Å². The van der Waals surface area contributed by atoms with Crippen molar-refractivity contribution in [1.29, 1.82) is 0 Å². The summed E-state index contributed by atoms with van der Waals surface area (Å²) in [6.07, 6.45) is 9.10. The Kier molecular flexibility index (Phi) is 6.29. The van der Waals surface area contributed by atoms with Gasteiger partial charge >= 0.3 is 0 Å². The fourth-order valence-electron chi connectivity index (χ4n) is 5.04. The lowest BCUT2D eigenvalue weighted by Gasteiger charge is -2.38. The van der Waals surface area contributed by atoms with Crippen molar-refractivity contribution in [2.45, 2.75) is 59.3 Å². The lowest BCUT2D eigenvalue weighted by atomic mass is 9.73. The minimum absolute atomic E-state index is 0.118. The Morgan fingerprint density at radius 1 is 1.09 bits per heavy atom. The number of nitrogens with zero attached hydrogens (tertiary/aromatic N) is 1. The molecule has 1 aliphatic carbocycles. The van der Waals surface area contributed by atoms with E-state index in [2.05, 4.69) is 94.8 Å². The van der Waals surface area contributed by atoms with Crippen LogP contribution in [-0.4, -0.2) is 12.3 Å². The third-order valence-corrected chi connectivity index (χ3v) is 7.31. The van der Waals surface area contributed by atoms with Crippen molar-refractivity contribution < 1.29 is 4.79 Å². The number of fused-ring (bicyclic) bond motifs is 1. The first kappa shape index (κ1) is 24.0. The van der Waals surface area contributed by atoms with Gasteiger partial charge in [-0.15, -0.1) is 0 Å². The van der Waals surface area contributed by atoms with E-state index < -0.39 is 0 Å². The van der Waals surface area contributed by atoms with Crippen LogP contribution < -0.4 is 4.90 Å². The van der Waals surface area contributed by atoms with Crippen molar-refractivity contribution in [2.24, 2.45) is 5.41 Å². The van der Waals surface area contributed by atoms with Crippen LogP contribution in [0.4, 0.5) is 5.69 Å². The van der Waals surface area contributed by atoms with Crippen molar-refractivity contribution in [3.05, 3.63) is 107 Å². The van der Waals surface area contributed by atoms with Gasteiger partial charge in [-0.2, -0.15) is 0 Å². The second-order valence-electron chi connectivity index (χ2n) is 11.2. The normalized spacial score (nSPS) is 21.2. The van der Waals surface area contributed by atoms with Gasteiger partial charge in [0, 0.05) is 24.0 Å². The molecule has 34 heavy (non-hydrogen) atoms. The lowest BCUT2D eigenvalue weighted by Crippen LogP contribution is -2.36. The molecule has 2 nitrogen and oxygen atoms in total. The summed E-state index contributed by atoms with van der Waals surface area (Å²) in [6, 6.07) is 17.0. The van der Waals surface area contributed by atoms with E-state index in [-0.39, 0.29) is 22.5 Å². The molecule has 1 aliphatic heterocycles. The molecule has 0 saturated heterocycles. The van der Waals surface area contributed by atoms with E-state index >= 15 is 0 Å². The minimum atomic E-state index is -0.311. The monoisotopic (exact) mass is 451 g/mol. The van der Waals surface area contributed by atoms with Crippen molar-refractivity contribution in [3.8, 4) is 0 Å².